The molecule has 1 amide bonds. The third kappa shape index (κ3) is 3.50. The molecule has 31 heavy (non-hydrogen) atoms. The summed E-state index contributed by atoms with van der Waals surface area (Å²) < 4.78 is 14.8. The van der Waals surface area contributed by atoms with Crippen LogP contribution in [0.5, 0.6) is 0 Å². The van der Waals surface area contributed by atoms with Gasteiger partial charge in [-0.05, 0) is 66.9 Å². The number of rotatable bonds is 3. The zero-order chi connectivity index (χ0) is 21.4. The Kier molecular flexibility index (Phi) is 4.82. The van der Waals surface area contributed by atoms with Gasteiger partial charge in [-0.1, -0.05) is 24.3 Å². The van der Waals surface area contributed by atoms with Crippen molar-refractivity contribution < 1.29 is 9.18 Å². The fourth-order valence-corrected chi connectivity index (χ4v) is 4.22. The fourth-order valence-electron chi connectivity index (χ4n) is 4.22. The Balaban J connectivity index is 1.42. The van der Waals surface area contributed by atoms with E-state index in [1.54, 1.807) is 48.5 Å². The normalized spacial score (nSPS) is 16.0. The lowest BCUT2D eigenvalue weighted by molar-refractivity contribution is 0.0735. The largest absolute Gasteiger partial charge is 0.332 e. The maximum atomic E-state index is 13.3. The van der Waals surface area contributed by atoms with Crippen molar-refractivity contribution in [3.8, 4) is 5.69 Å². The highest BCUT2D eigenvalue weighted by Crippen LogP contribution is 2.33. The minimum atomic E-state index is -0.284. The van der Waals surface area contributed by atoms with Gasteiger partial charge < -0.3 is 4.90 Å². The number of carbonyl (C=O) groups is 1. The molecule has 1 fully saturated rings. The van der Waals surface area contributed by atoms with Gasteiger partial charge in [-0.25, -0.2) is 9.37 Å². The van der Waals surface area contributed by atoms with Crippen LogP contribution in [0.4, 0.5) is 4.39 Å². The van der Waals surface area contributed by atoms with E-state index in [0.29, 0.717) is 28.7 Å². The molecule has 0 radical (unpaired) electrons. The quantitative estimate of drug-likeness (QED) is 0.497. The van der Waals surface area contributed by atoms with Crippen LogP contribution in [0, 0.1) is 5.82 Å². The molecule has 2 heterocycles. The van der Waals surface area contributed by atoms with E-state index in [2.05, 4.69) is 4.98 Å². The first-order chi connectivity index (χ1) is 15.1. The molecule has 1 aliphatic rings. The summed E-state index contributed by atoms with van der Waals surface area (Å²) in [6.07, 6.45) is 3.27. The molecule has 0 saturated carbocycles. The first-order valence-electron chi connectivity index (χ1n) is 10.2. The molecular formula is C25H20FN3O2. The zero-order valence-electron chi connectivity index (χ0n) is 16.7. The van der Waals surface area contributed by atoms with Crippen LogP contribution in [0.25, 0.3) is 16.6 Å². The van der Waals surface area contributed by atoms with Crippen molar-refractivity contribution in [2.24, 2.45) is 0 Å². The Labute approximate surface area is 178 Å². The van der Waals surface area contributed by atoms with Crippen molar-refractivity contribution in [2.45, 2.75) is 18.9 Å². The molecular weight excluding hydrogens is 393 g/mol. The van der Waals surface area contributed by atoms with Crippen molar-refractivity contribution in [3.63, 3.8) is 0 Å². The van der Waals surface area contributed by atoms with Crippen LogP contribution in [-0.2, 0) is 0 Å². The number of aromatic nitrogens is 2. The molecule has 1 saturated heterocycles. The standard InChI is InChI=1S/C25H20FN3O2/c26-19-11-7-17(8-12-19)23-6-3-15-28(23)24(30)18-9-13-20(14-10-18)29-16-27-22-5-2-1-4-21(22)25(29)31/h1-2,4-5,7-14,16,23H,3,6,15H2/t23-/m1/s1. The summed E-state index contributed by atoms with van der Waals surface area (Å²) in [7, 11) is 0. The second kappa shape index (κ2) is 7.80. The first-order valence-corrected chi connectivity index (χ1v) is 10.2. The Hall–Kier alpha value is -3.80. The van der Waals surface area contributed by atoms with Gasteiger partial charge in [0.15, 0.2) is 0 Å². The topological polar surface area (TPSA) is 55.2 Å². The molecule has 1 aromatic heterocycles. The number of halogens is 1. The fraction of sp³-hybridized carbons (Fsp3) is 0.160. The van der Waals surface area contributed by atoms with Gasteiger partial charge in [-0.15, -0.1) is 0 Å². The minimum Gasteiger partial charge on any atom is -0.332 e. The molecule has 4 aromatic rings. The van der Waals surface area contributed by atoms with E-state index >= 15 is 0 Å². The molecule has 0 aliphatic carbocycles. The number of nitrogens with zero attached hydrogens (tertiary/aromatic N) is 3. The number of likely N-dealkylation sites (tertiary alicyclic amines) is 1. The van der Waals surface area contributed by atoms with Crippen molar-refractivity contribution in [3.05, 3.63) is 106 Å². The van der Waals surface area contributed by atoms with Gasteiger partial charge in [0.2, 0.25) is 0 Å². The predicted octanol–water partition coefficient (Wildman–Crippen LogP) is 4.50. The third-order valence-electron chi connectivity index (χ3n) is 5.83. The summed E-state index contributed by atoms with van der Waals surface area (Å²) >= 11 is 0. The third-order valence-corrected chi connectivity index (χ3v) is 5.83. The summed E-state index contributed by atoms with van der Waals surface area (Å²) in [5.41, 5.74) is 2.64. The van der Waals surface area contributed by atoms with Gasteiger partial charge in [0, 0.05) is 12.1 Å². The molecule has 1 atom stereocenters. The predicted molar refractivity (Wildman–Crippen MR) is 117 cm³/mol. The first kappa shape index (κ1) is 19.2. The number of benzene rings is 3. The van der Waals surface area contributed by atoms with Gasteiger partial charge >= 0.3 is 0 Å². The molecule has 0 spiro atoms. The Morgan fingerprint density at radius 3 is 2.48 bits per heavy atom. The van der Waals surface area contributed by atoms with Gasteiger partial charge in [-0.3, -0.25) is 14.2 Å². The van der Waals surface area contributed by atoms with Crippen LogP contribution in [0.2, 0.25) is 0 Å². The van der Waals surface area contributed by atoms with Crippen molar-refractivity contribution >= 4 is 16.8 Å². The van der Waals surface area contributed by atoms with E-state index in [1.165, 1.54) is 23.0 Å². The molecule has 6 heteroatoms. The number of amides is 1. The number of para-hydroxylation sites is 1. The van der Waals surface area contributed by atoms with Crippen LogP contribution in [0.1, 0.15) is 34.8 Å². The van der Waals surface area contributed by atoms with Crippen LogP contribution in [0.15, 0.2) is 83.9 Å². The zero-order valence-corrected chi connectivity index (χ0v) is 16.7. The van der Waals surface area contributed by atoms with E-state index < -0.39 is 0 Å². The number of hydrogen-bond donors (Lipinski definition) is 0. The van der Waals surface area contributed by atoms with Gasteiger partial charge in [-0.2, -0.15) is 0 Å². The summed E-state index contributed by atoms with van der Waals surface area (Å²) in [4.78, 5) is 32.1. The second-order valence-corrected chi connectivity index (χ2v) is 7.69. The van der Waals surface area contributed by atoms with Crippen molar-refractivity contribution in [2.75, 3.05) is 6.54 Å². The molecule has 0 bridgehead atoms. The van der Waals surface area contributed by atoms with Gasteiger partial charge in [0.25, 0.3) is 11.5 Å². The van der Waals surface area contributed by atoms with Crippen LogP contribution in [0.3, 0.4) is 0 Å². The summed E-state index contributed by atoms with van der Waals surface area (Å²) in [5, 5.41) is 0.546. The van der Waals surface area contributed by atoms with E-state index in [4.69, 9.17) is 0 Å². The van der Waals surface area contributed by atoms with Crippen LogP contribution < -0.4 is 5.56 Å². The molecule has 0 unspecified atom stereocenters. The Morgan fingerprint density at radius 1 is 0.968 bits per heavy atom. The monoisotopic (exact) mass is 413 g/mol. The SMILES string of the molecule is O=C(c1ccc(-n2cnc3ccccc3c2=O)cc1)N1CCC[C@@H]1c1ccc(F)cc1. The van der Waals surface area contributed by atoms with Gasteiger partial charge in [0.1, 0.15) is 12.1 Å². The molecule has 154 valence electrons. The Morgan fingerprint density at radius 2 is 1.71 bits per heavy atom. The average Bonchev–Trinajstić information content (AvgIpc) is 3.30. The highest BCUT2D eigenvalue weighted by molar-refractivity contribution is 5.95. The summed E-state index contributed by atoms with van der Waals surface area (Å²) in [5.74, 6) is -0.351. The molecule has 1 aliphatic heterocycles. The van der Waals surface area contributed by atoms with E-state index in [0.717, 1.165) is 18.4 Å². The molecule has 5 rings (SSSR count). The minimum absolute atomic E-state index is 0.0555. The number of carbonyl (C=O) groups excluding carboxylic acids is 1. The average molecular weight is 413 g/mol. The second-order valence-electron chi connectivity index (χ2n) is 7.69. The smallest absolute Gasteiger partial charge is 0.265 e. The number of fused-ring (bicyclic) bond motifs is 1. The summed E-state index contributed by atoms with van der Waals surface area (Å²) in [6, 6.07) is 20.5. The molecule has 5 nitrogen and oxygen atoms in total. The van der Waals surface area contributed by atoms with E-state index in [1.807, 2.05) is 17.0 Å². The van der Waals surface area contributed by atoms with Crippen molar-refractivity contribution in [1.82, 2.24) is 14.5 Å². The maximum absolute atomic E-state index is 13.3. The van der Waals surface area contributed by atoms with E-state index in [-0.39, 0.29) is 23.3 Å². The Bertz CT molecular complexity index is 1310. The van der Waals surface area contributed by atoms with E-state index in [9.17, 15) is 14.0 Å². The highest BCUT2D eigenvalue weighted by Gasteiger charge is 2.30. The number of hydrogen-bond acceptors (Lipinski definition) is 3. The van der Waals surface area contributed by atoms with Crippen molar-refractivity contribution in [1.29, 1.82) is 0 Å². The van der Waals surface area contributed by atoms with Crippen LogP contribution in [-0.4, -0.2) is 26.9 Å². The lowest BCUT2D eigenvalue weighted by Crippen LogP contribution is -2.30. The lowest BCUT2D eigenvalue weighted by Gasteiger charge is -2.25. The van der Waals surface area contributed by atoms with Gasteiger partial charge in [0.05, 0.1) is 22.6 Å². The summed E-state index contributed by atoms with van der Waals surface area (Å²) in [6.45, 7) is 0.663. The lowest BCUT2D eigenvalue weighted by atomic mass is 10.0. The van der Waals surface area contributed by atoms with Crippen LogP contribution >= 0.6 is 0 Å². The maximum Gasteiger partial charge on any atom is 0.265 e. The molecule has 0 N–H and O–H groups in total. The molecule has 3 aromatic carbocycles. The highest BCUT2D eigenvalue weighted by atomic mass is 19.1.